The van der Waals surface area contributed by atoms with Crippen molar-refractivity contribution >= 4 is 29.6 Å². The van der Waals surface area contributed by atoms with E-state index in [4.69, 9.17) is 16.3 Å². The molecule has 0 atom stereocenters. The van der Waals surface area contributed by atoms with E-state index in [1.165, 1.54) is 6.21 Å². The standard InChI is InChI=1S/C19H20ClN3O3/c1-13(2)22-18(24)19(25)23-21-11-14-7-9-16(10-8-14)26-12-15-5-3-4-6-17(15)20/h3-11,13H,12H2,1-2H3,(H,22,24)(H,23,25)/b21-11+. The third-order valence-electron chi connectivity index (χ3n) is 3.24. The van der Waals surface area contributed by atoms with E-state index in [9.17, 15) is 9.59 Å². The van der Waals surface area contributed by atoms with Crippen LogP contribution in [0.4, 0.5) is 0 Å². The van der Waals surface area contributed by atoms with Gasteiger partial charge in [-0.15, -0.1) is 0 Å². The minimum Gasteiger partial charge on any atom is -0.489 e. The van der Waals surface area contributed by atoms with Gasteiger partial charge in [0, 0.05) is 16.6 Å². The number of nitrogens with zero attached hydrogens (tertiary/aromatic N) is 1. The maximum absolute atomic E-state index is 11.5. The topological polar surface area (TPSA) is 79.8 Å². The second kappa shape index (κ2) is 9.58. The molecule has 0 aliphatic carbocycles. The number of halogens is 1. The molecule has 0 unspecified atom stereocenters. The van der Waals surface area contributed by atoms with Crippen LogP contribution in [0.3, 0.4) is 0 Å². The lowest BCUT2D eigenvalue weighted by Gasteiger charge is -2.08. The van der Waals surface area contributed by atoms with E-state index in [1.54, 1.807) is 38.1 Å². The normalized spacial score (nSPS) is 10.8. The Balaban J connectivity index is 1.84. The first-order valence-corrected chi connectivity index (χ1v) is 8.43. The van der Waals surface area contributed by atoms with E-state index in [0.29, 0.717) is 17.4 Å². The zero-order chi connectivity index (χ0) is 18.9. The Hall–Kier alpha value is -2.86. The van der Waals surface area contributed by atoms with Crippen LogP contribution in [0.25, 0.3) is 0 Å². The number of hydrogen-bond donors (Lipinski definition) is 2. The summed E-state index contributed by atoms with van der Waals surface area (Å²) >= 11 is 6.09. The Morgan fingerprint density at radius 3 is 2.46 bits per heavy atom. The van der Waals surface area contributed by atoms with Gasteiger partial charge >= 0.3 is 11.8 Å². The Kier molecular flexibility index (Phi) is 7.17. The Bertz CT molecular complexity index is 789. The van der Waals surface area contributed by atoms with Gasteiger partial charge in [0.25, 0.3) is 0 Å². The molecule has 2 rings (SSSR count). The number of hydrazone groups is 1. The van der Waals surface area contributed by atoms with Gasteiger partial charge in [-0.2, -0.15) is 5.10 Å². The molecular weight excluding hydrogens is 354 g/mol. The molecule has 2 amide bonds. The molecule has 0 spiro atoms. The molecule has 26 heavy (non-hydrogen) atoms. The second-order valence-corrected chi connectivity index (χ2v) is 6.18. The Morgan fingerprint density at radius 1 is 1.12 bits per heavy atom. The molecular formula is C19H20ClN3O3. The summed E-state index contributed by atoms with van der Waals surface area (Å²) in [6.45, 7) is 3.90. The zero-order valence-corrected chi connectivity index (χ0v) is 15.3. The molecule has 0 fully saturated rings. The molecule has 2 aromatic carbocycles. The van der Waals surface area contributed by atoms with E-state index in [1.807, 2.05) is 24.3 Å². The molecule has 0 heterocycles. The highest BCUT2D eigenvalue weighted by Gasteiger charge is 2.12. The minimum atomic E-state index is -0.811. The molecule has 6 nitrogen and oxygen atoms in total. The number of carbonyl (C=O) groups excluding carboxylic acids is 2. The highest BCUT2D eigenvalue weighted by molar-refractivity contribution is 6.35. The molecule has 0 bridgehead atoms. The van der Waals surface area contributed by atoms with E-state index >= 15 is 0 Å². The highest BCUT2D eigenvalue weighted by atomic mass is 35.5. The molecule has 136 valence electrons. The van der Waals surface area contributed by atoms with E-state index in [0.717, 1.165) is 11.1 Å². The number of ether oxygens (including phenoxy) is 1. The monoisotopic (exact) mass is 373 g/mol. The predicted molar refractivity (Wildman–Crippen MR) is 101 cm³/mol. The summed E-state index contributed by atoms with van der Waals surface area (Å²) in [4.78, 5) is 22.9. The quantitative estimate of drug-likeness (QED) is 0.464. The first-order chi connectivity index (χ1) is 12.5. The molecule has 2 aromatic rings. The lowest BCUT2D eigenvalue weighted by molar-refractivity contribution is -0.139. The van der Waals surface area contributed by atoms with Gasteiger partial charge in [-0.3, -0.25) is 9.59 Å². The van der Waals surface area contributed by atoms with Crippen LogP contribution in [0.15, 0.2) is 53.6 Å². The van der Waals surface area contributed by atoms with Crippen molar-refractivity contribution in [3.63, 3.8) is 0 Å². The van der Waals surface area contributed by atoms with Crippen molar-refractivity contribution in [2.45, 2.75) is 26.5 Å². The smallest absolute Gasteiger partial charge is 0.329 e. The van der Waals surface area contributed by atoms with E-state index in [-0.39, 0.29) is 6.04 Å². The molecule has 0 radical (unpaired) electrons. The minimum absolute atomic E-state index is 0.115. The summed E-state index contributed by atoms with van der Waals surface area (Å²) in [6, 6.07) is 14.5. The number of rotatable bonds is 6. The summed E-state index contributed by atoms with van der Waals surface area (Å²) in [5, 5.41) is 6.90. The molecule has 0 saturated heterocycles. The SMILES string of the molecule is CC(C)NC(=O)C(=O)N/N=C/c1ccc(OCc2ccccc2Cl)cc1. The van der Waals surface area contributed by atoms with E-state index in [2.05, 4.69) is 15.8 Å². The van der Waals surface area contributed by atoms with Crippen LogP contribution in [0, 0.1) is 0 Å². The average molecular weight is 374 g/mol. The summed E-state index contributed by atoms with van der Waals surface area (Å²) in [5.74, 6) is -0.850. The van der Waals surface area contributed by atoms with Crippen molar-refractivity contribution in [1.29, 1.82) is 0 Å². The number of hydrogen-bond acceptors (Lipinski definition) is 4. The number of carbonyl (C=O) groups is 2. The van der Waals surface area contributed by atoms with Crippen LogP contribution in [-0.2, 0) is 16.2 Å². The number of benzene rings is 2. The van der Waals surface area contributed by atoms with Gasteiger partial charge in [-0.25, -0.2) is 5.43 Å². The Labute approximate surface area is 157 Å². The summed E-state index contributed by atoms with van der Waals surface area (Å²) in [7, 11) is 0. The van der Waals surface area contributed by atoms with Crippen LogP contribution in [0.2, 0.25) is 5.02 Å². The maximum atomic E-state index is 11.5. The lowest BCUT2D eigenvalue weighted by Crippen LogP contribution is -2.41. The van der Waals surface area contributed by atoms with Crippen LogP contribution >= 0.6 is 11.6 Å². The van der Waals surface area contributed by atoms with Crippen molar-refractivity contribution in [2.24, 2.45) is 5.10 Å². The molecule has 0 aliphatic heterocycles. The third kappa shape index (κ3) is 6.22. The van der Waals surface area contributed by atoms with Gasteiger partial charge in [0.05, 0.1) is 6.21 Å². The van der Waals surface area contributed by atoms with Gasteiger partial charge in [-0.05, 0) is 49.7 Å². The van der Waals surface area contributed by atoms with Gasteiger partial charge in [0.2, 0.25) is 0 Å². The Morgan fingerprint density at radius 2 is 1.81 bits per heavy atom. The zero-order valence-electron chi connectivity index (χ0n) is 14.5. The van der Waals surface area contributed by atoms with Gasteiger partial charge in [0.1, 0.15) is 12.4 Å². The van der Waals surface area contributed by atoms with Crippen molar-refractivity contribution in [3.05, 3.63) is 64.7 Å². The molecule has 0 aromatic heterocycles. The molecule has 0 saturated carbocycles. The maximum Gasteiger partial charge on any atom is 0.329 e. The molecule has 7 heteroatoms. The van der Waals surface area contributed by atoms with Gasteiger partial charge in [0.15, 0.2) is 0 Å². The molecule has 0 aliphatic rings. The average Bonchev–Trinajstić information content (AvgIpc) is 2.61. The van der Waals surface area contributed by atoms with Crippen LogP contribution < -0.4 is 15.5 Å². The third-order valence-corrected chi connectivity index (χ3v) is 3.61. The van der Waals surface area contributed by atoms with Crippen molar-refractivity contribution in [1.82, 2.24) is 10.7 Å². The highest BCUT2D eigenvalue weighted by Crippen LogP contribution is 2.18. The first-order valence-electron chi connectivity index (χ1n) is 8.06. The largest absolute Gasteiger partial charge is 0.489 e. The summed E-state index contributed by atoms with van der Waals surface area (Å²) < 4.78 is 5.69. The predicted octanol–water partition coefficient (Wildman–Crippen LogP) is 2.89. The fourth-order valence-electron chi connectivity index (χ4n) is 1.97. The van der Waals surface area contributed by atoms with Crippen LogP contribution in [0.5, 0.6) is 5.75 Å². The molecule has 2 N–H and O–H groups in total. The summed E-state index contributed by atoms with van der Waals surface area (Å²) in [6.07, 6.45) is 1.44. The van der Waals surface area contributed by atoms with Crippen molar-refractivity contribution in [3.8, 4) is 5.75 Å². The first kappa shape index (κ1) is 19.5. The lowest BCUT2D eigenvalue weighted by atomic mass is 10.2. The number of nitrogens with one attached hydrogen (secondary N) is 2. The fraction of sp³-hybridized carbons (Fsp3) is 0.211. The van der Waals surface area contributed by atoms with Crippen molar-refractivity contribution < 1.29 is 14.3 Å². The fourth-order valence-corrected chi connectivity index (χ4v) is 2.16. The second-order valence-electron chi connectivity index (χ2n) is 5.78. The summed E-state index contributed by atoms with van der Waals surface area (Å²) in [5.41, 5.74) is 3.83. The van der Waals surface area contributed by atoms with Crippen LogP contribution in [0.1, 0.15) is 25.0 Å². The van der Waals surface area contributed by atoms with Crippen LogP contribution in [-0.4, -0.2) is 24.1 Å². The van der Waals surface area contributed by atoms with Gasteiger partial charge < -0.3 is 10.1 Å². The van der Waals surface area contributed by atoms with Gasteiger partial charge in [-0.1, -0.05) is 29.8 Å². The van der Waals surface area contributed by atoms with Crippen molar-refractivity contribution in [2.75, 3.05) is 0 Å². The van der Waals surface area contributed by atoms with E-state index < -0.39 is 11.8 Å². The number of amides is 2.